The first-order valence-electron chi connectivity index (χ1n) is 10.6. The first-order chi connectivity index (χ1) is 16.0. The van der Waals surface area contributed by atoms with Crippen molar-refractivity contribution in [3.05, 3.63) is 95.3 Å². The molecular formula is C26H25F4N3O. The van der Waals surface area contributed by atoms with Gasteiger partial charge in [0.25, 0.3) is 0 Å². The predicted octanol–water partition coefficient (Wildman–Crippen LogP) is 6.40. The molecule has 4 nitrogen and oxygen atoms in total. The second-order valence-corrected chi connectivity index (χ2v) is 8.64. The van der Waals surface area contributed by atoms with E-state index in [9.17, 15) is 22.4 Å². The van der Waals surface area contributed by atoms with E-state index in [1.54, 1.807) is 38.1 Å². The number of anilines is 2. The average molecular weight is 471 g/mol. The molecule has 178 valence electrons. The van der Waals surface area contributed by atoms with Crippen LogP contribution in [0, 0.1) is 16.6 Å². The summed E-state index contributed by atoms with van der Waals surface area (Å²) in [6.45, 7) is 3.37. The molecule has 8 heteroatoms. The van der Waals surface area contributed by atoms with Crippen LogP contribution in [0.25, 0.3) is 0 Å². The molecule has 34 heavy (non-hydrogen) atoms. The monoisotopic (exact) mass is 471 g/mol. The molecule has 1 atom stereocenters. The lowest BCUT2D eigenvalue weighted by molar-refractivity contribution is -0.174. The Kier molecular flexibility index (Phi) is 7.39. The van der Waals surface area contributed by atoms with Gasteiger partial charge in [-0.25, -0.2) is 4.39 Å². The van der Waals surface area contributed by atoms with Gasteiger partial charge in [-0.05, 0) is 52.9 Å². The lowest BCUT2D eigenvalue weighted by atomic mass is 9.71. The van der Waals surface area contributed by atoms with Gasteiger partial charge in [-0.15, -0.1) is 0 Å². The van der Waals surface area contributed by atoms with E-state index in [4.69, 9.17) is 5.41 Å². The second-order valence-electron chi connectivity index (χ2n) is 8.64. The van der Waals surface area contributed by atoms with Crippen molar-refractivity contribution in [2.75, 3.05) is 11.9 Å². The molecule has 0 aliphatic heterocycles. The van der Waals surface area contributed by atoms with E-state index in [1.165, 1.54) is 18.3 Å². The fraction of sp³-hybridized carbons (Fsp3) is 0.231. The molecule has 3 aromatic carbocycles. The minimum absolute atomic E-state index is 0.208. The number of carbonyl (C=O) groups is 1. The Morgan fingerprint density at radius 2 is 1.62 bits per heavy atom. The SMILES string of the molecule is CC(C)(CNC(=O)C(F)(F)F)C(c1ccccc1)c1ccc(Nc2ccc(F)cc2)c(C=N)c1. The van der Waals surface area contributed by atoms with Gasteiger partial charge in [0.2, 0.25) is 0 Å². The van der Waals surface area contributed by atoms with E-state index in [0.29, 0.717) is 16.9 Å². The molecule has 0 bridgehead atoms. The third kappa shape index (κ3) is 6.01. The summed E-state index contributed by atoms with van der Waals surface area (Å²) in [5.41, 5.74) is 2.67. The lowest BCUT2D eigenvalue weighted by Crippen LogP contribution is -2.43. The number of nitrogens with one attached hydrogen (secondary N) is 3. The van der Waals surface area contributed by atoms with E-state index in [0.717, 1.165) is 11.1 Å². The Morgan fingerprint density at radius 3 is 2.21 bits per heavy atom. The quantitative estimate of drug-likeness (QED) is 0.263. The lowest BCUT2D eigenvalue weighted by Gasteiger charge is -2.36. The van der Waals surface area contributed by atoms with Crippen molar-refractivity contribution in [1.82, 2.24) is 5.32 Å². The van der Waals surface area contributed by atoms with Gasteiger partial charge in [0, 0.05) is 35.6 Å². The molecule has 0 saturated heterocycles. The van der Waals surface area contributed by atoms with Gasteiger partial charge < -0.3 is 16.0 Å². The van der Waals surface area contributed by atoms with Crippen LogP contribution < -0.4 is 10.6 Å². The summed E-state index contributed by atoms with van der Waals surface area (Å²) in [5.74, 6) is -2.72. The normalized spacial score (nSPS) is 12.6. The van der Waals surface area contributed by atoms with Crippen LogP contribution >= 0.6 is 0 Å². The summed E-state index contributed by atoms with van der Waals surface area (Å²) in [4.78, 5) is 11.4. The van der Waals surface area contributed by atoms with Gasteiger partial charge in [-0.3, -0.25) is 4.79 Å². The van der Waals surface area contributed by atoms with Gasteiger partial charge in [-0.2, -0.15) is 13.2 Å². The Balaban J connectivity index is 1.97. The van der Waals surface area contributed by atoms with Crippen LogP contribution in [0.5, 0.6) is 0 Å². The van der Waals surface area contributed by atoms with Crippen molar-refractivity contribution in [3.8, 4) is 0 Å². The van der Waals surface area contributed by atoms with Crippen LogP contribution in [0.3, 0.4) is 0 Å². The molecule has 0 aliphatic carbocycles. The number of hydrogen-bond acceptors (Lipinski definition) is 3. The van der Waals surface area contributed by atoms with E-state index in [-0.39, 0.29) is 18.3 Å². The average Bonchev–Trinajstić information content (AvgIpc) is 2.80. The van der Waals surface area contributed by atoms with Crippen molar-refractivity contribution in [2.45, 2.75) is 25.9 Å². The highest BCUT2D eigenvalue weighted by Gasteiger charge is 2.40. The molecule has 3 rings (SSSR count). The first kappa shape index (κ1) is 25.0. The van der Waals surface area contributed by atoms with E-state index >= 15 is 0 Å². The highest BCUT2D eigenvalue weighted by atomic mass is 19.4. The highest BCUT2D eigenvalue weighted by molar-refractivity contribution is 5.88. The van der Waals surface area contributed by atoms with Crippen molar-refractivity contribution in [2.24, 2.45) is 5.41 Å². The Morgan fingerprint density at radius 1 is 0.971 bits per heavy atom. The van der Waals surface area contributed by atoms with E-state index < -0.39 is 17.5 Å². The maximum atomic E-state index is 13.2. The van der Waals surface area contributed by atoms with Crippen molar-refractivity contribution in [1.29, 1.82) is 5.41 Å². The largest absolute Gasteiger partial charge is 0.471 e. The number of carbonyl (C=O) groups excluding carboxylic acids is 1. The number of alkyl halides is 3. The van der Waals surface area contributed by atoms with Gasteiger partial charge in [0.05, 0.1) is 0 Å². The fourth-order valence-corrected chi connectivity index (χ4v) is 3.93. The van der Waals surface area contributed by atoms with E-state index in [2.05, 4.69) is 5.32 Å². The summed E-state index contributed by atoms with van der Waals surface area (Å²) in [5, 5.41) is 13.0. The van der Waals surface area contributed by atoms with Crippen LogP contribution in [-0.4, -0.2) is 24.8 Å². The van der Waals surface area contributed by atoms with Crippen LogP contribution in [0.2, 0.25) is 0 Å². The smallest absolute Gasteiger partial charge is 0.355 e. The molecule has 1 unspecified atom stereocenters. The molecule has 0 radical (unpaired) electrons. The molecule has 3 N–H and O–H groups in total. The summed E-state index contributed by atoms with van der Waals surface area (Å²) >= 11 is 0. The van der Waals surface area contributed by atoms with Crippen molar-refractivity contribution in [3.63, 3.8) is 0 Å². The van der Waals surface area contributed by atoms with Gasteiger partial charge in [-0.1, -0.05) is 50.2 Å². The predicted molar refractivity (Wildman–Crippen MR) is 125 cm³/mol. The number of hydrogen-bond donors (Lipinski definition) is 3. The highest BCUT2D eigenvalue weighted by Crippen LogP contribution is 2.41. The van der Waals surface area contributed by atoms with Gasteiger partial charge in [0.1, 0.15) is 5.82 Å². The maximum absolute atomic E-state index is 13.2. The topological polar surface area (TPSA) is 65.0 Å². The third-order valence-electron chi connectivity index (χ3n) is 5.56. The Hall–Kier alpha value is -3.68. The number of amides is 1. The zero-order valence-corrected chi connectivity index (χ0v) is 18.7. The van der Waals surface area contributed by atoms with Crippen LogP contribution in [0.15, 0.2) is 72.8 Å². The number of benzene rings is 3. The zero-order valence-electron chi connectivity index (χ0n) is 18.7. The summed E-state index contributed by atoms with van der Waals surface area (Å²) in [6, 6.07) is 20.5. The number of rotatable bonds is 8. The summed E-state index contributed by atoms with van der Waals surface area (Å²) in [7, 11) is 0. The first-order valence-corrected chi connectivity index (χ1v) is 10.6. The van der Waals surface area contributed by atoms with Crippen LogP contribution in [0.4, 0.5) is 28.9 Å². The van der Waals surface area contributed by atoms with Crippen molar-refractivity contribution >= 4 is 23.5 Å². The van der Waals surface area contributed by atoms with Crippen molar-refractivity contribution < 1.29 is 22.4 Å². The minimum Gasteiger partial charge on any atom is -0.355 e. The standard InChI is InChI=1S/C26H25F4N3O/c1-25(2,16-32-24(34)26(28,29)30)23(17-6-4-3-5-7-17)18-8-13-22(19(14-18)15-31)33-21-11-9-20(27)10-12-21/h3-15,23,31,33H,16H2,1-2H3,(H,32,34). The second kappa shape index (κ2) is 10.1. The molecule has 0 aromatic heterocycles. The molecule has 0 fully saturated rings. The van der Waals surface area contributed by atoms with Gasteiger partial charge >= 0.3 is 12.1 Å². The van der Waals surface area contributed by atoms with Crippen LogP contribution in [0.1, 0.15) is 36.5 Å². The third-order valence-corrected chi connectivity index (χ3v) is 5.56. The maximum Gasteiger partial charge on any atom is 0.471 e. The molecule has 1 amide bonds. The molecule has 3 aromatic rings. The van der Waals surface area contributed by atoms with Gasteiger partial charge in [0.15, 0.2) is 0 Å². The molecular weight excluding hydrogens is 446 g/mol. The Labute approximate surface area is 195 Å². The minimum atomic E-state index is -4.96. The molecule has 0 aliphatic rings. The zero-order chi connectivity index (χ0) is 24.9. The fourth-order valence-electron chi connectivity index (χ4n) is 3.93. The molecule has 0 saturated carbocycles. The van der Waals surface area contributed by atoms with Crippen LogP contribution in [-0.2, 0) is 4.79 Å². The summed E-state index contributed by atoms with van der Waals surface area (Å²) in [6.07, 6.45) is -3.78. The molecule has 0 heterocycles. The summed E-state index contributed by atoms with van der Waals surface area (Å²) < 4.78 is 51.5. The Bertz CT molecular complexity index is 1140. The number of halogens is 4. The van der Waals surface area contributed by atoms with E-state index in [1.807, 2.05) is 41.7 Å². The molecule has 0 spiro atoms.